The third-order valence-corrected chi connectivity index (χ3v) is 3.55. The van der Waals surface area contributed by atoms with Crippen LogP contribution >= 0.6 is 0 Å². The topological polar surface area (TPSA) is 65.5 Å². The Hall–Kier alpha value is -1.62. The van der Waals surface area contributed by atoms with E-state index in [4.69, 9.17) is 5.11 Å². The van der Waals surface area contributed by atoms with Crippen molar-refractivity contribution in [2.24, 2.45) is 5.92 Å². The van der Waals surface area contributed by atoms with Crippen LogP contribution in [0.4, 0.5) is 5.82 Å². The first kappa shape index (κ1) is 13.8. The Bertz CT molecular complexity index is 462. The minimum absolute atomic E-state index is 0.245. The number of carbonyl (C=O) groups is 1. The zero-order valence-corrected chi connectivity index (χ0v) is 11.5. The first-order chi connectivity index (χ1) is 9.06. The molecule has 2 rings (SSSR count). The van der Waals surface area contributed by atoms with E-state index in [-0.39, 0.29) is 5.56 Å². The number of hydrogen-bond donors (Lipinski definition) is 2. The van der Waals surface area contributed by atoms with Crippen LogP contribution in [0.1, 0.15) is 28.9 Å². The maximum Gasteiger partial charge on any atom is 0.339 e. The van der Waals surface area contributed by atoms with Gasteiger partial charge in [0.2, 0.25) is 0 Å². The van der Waals surface area contributed by atoms with Crippen LogP contribution < -0.4 is 5.32 Å². The van der Waals surface area contributed by atoms with Crippen LogP contribution in [0.3, 0.4) is 0 Å². The lowest BCUT2D eigenvalue weighted by molar-refractivity contribution is 0.0697. The number of anilines is 1. The zero-order chi connectivity index (χ0) is 13.8. The summed E-state index contributed by atoms with van der Waals surface area (Å²) >= 11 is 0. The van der Waals surface area contributed by atoms with Crippen molar-refractivity contribution in [2.75, 3.05) is 32.0 Å². The third kappa shape index (κ3) is 3.67. The van der Waals surface area contributed by atoms with Crippen molar-refractivity contribution in [3.05, 3.63) is 23.4 Å². The smallest absolute Gasteiger partial charge is 0.339 e. The van der Waals surface area contributed by atoms with Gasteiger partial charge >= 0.3 is 5.97 Å². The van der Waals surface area contributed by atoms with Gasteiger partial charge in [-0.2, -0.15) is 0 Å². The van der Waals surface area contributed by atoms with Crippen LogP contribution in [0.15, 0.2) is 12.1 Å². The molecular weight excluding hydrogens is 242 g/mol. The number of carboxylic acids is 1. The van der Waals surface area contributed by atoms with Crippen molar-refractivity contribution >= 4 is 11.8 Å². The standard InChI is InChI=1S/C14H21N3O2/c1-10-5-6-12(14(18)19)13(16-10)15-8-11-4-3-7-17(2)9-11/h5-6,11H,3-4,7-9H2,1-2H3,(H,15,16)(H,18,19). The quantitative estimate of drug-likeness (QED) is 0.867. The maximum atomic E-state index is 11.1. The summed E-state index contributed by atoms with van der Waals surface area (Å²) < 4.78 is 0. The molecule has 1 aliphatic rings. The summed E-state index contributed by atoms with van der Waals surface area (Å²) in [5.74, 6) is 0.110. The summed E-state index contributed by atoms with van der Waals surface area (Å²) in [6, 6.07) is 3.34. The van der Waals surface area contributed by atoms with Gasteiger partial charge in [-0.05, 0) is 51.4 Å². The molecule has 104 valence electrons. The molecule has 5 nitrogen and oxygen atoms in total. The Morgan fingerprint density at radius 1 is 1.58 bits per heavy atom. The van der Waals surface area contributed by atoms with Crippen LogP contribution in [0.5, 0.6) is 0 Å². The molecule has 19 heavy (non-hydrogen) atoms. The molecule has 0 aromatic carbocycles. The molecule has 0 bridgehead atoms. The number of aromatic carboxylic acids is 1. The molecule has 0 saturated carbocycles. The van der Waals surface area contributed by atoms with E-state index in [0.717, 1.165) is 25.3 Å². The predicted molar refractivity (Wildman–Crippen MR) is 74.6 cm³/mol. The predicted octanol–water partition coefficient (Wildman–Crippen LogP) is 1.84. The molecule has 1 fully saturated rings. The minimum atomic E-state index is -0.934. The highest BCUT2D eigenvalue weighted by molar-refractivity contribution is 5.93. The van der Waals surface area contributed by atoms with Crippen LogP contribution in [-0.2, 0) is 0 Å². The van der Waals surface area contributed by atoms with Crippen molar-refractivity contribution in [2.45, 2.75) is 19.8 Å². The second-order valence-electron chi connectivity index (χ2n) is 5.31. The SMILES string of the molecule is Cc1ccc(C(=O)O)c(NCC2CCCN(C)C2)n1. The van der Waals surface area contributed by atoms with Crippen molar-refractivity contribution in [1.82, 2.24) is 9.88 Å². The lowest BCUT2D eigenvalue weighted by Gasteiger charge is -2.29. The van der Waals surface area contributed by atoms with E-state index < -0.39 is 5.97 Å². The normalized spacial score (nSPS) is 20.2. The number of pyridine rings is 1. The summed E-state index contributed by atoms with van der Waals surface area (Å²) in [5, 5.41) is 12.4. The highest BCUT2D eigenvalue weighted by atomic mass is 16.4. The Balaban J connectivity index is 2.02. The van der Waals surface area contributed by atoms with Gasteiger partial charge in [-0.25, -0.2) is 9.78 Å². The Labute approximate surface area is 113 Å². The van der Waals surface area contributed by atoms with Gasteiger partial charge < -0.3 is 15.3 Å². The molecule has 5 heteroatoms. The highest BCUT2D eigenvalue weighted by Crippen LogP contribution is 2.18. The van der Waals surface area contributed by atoms with Crippen LogP contribution in [-0.4, -0.2) is 47.6 Å². The summed E-state index contributed by atoms with van der Waals surface area (Å²) in [4.78, 5) is 17.8. The lowest BCUT2D eigenvalue weighted by Crippen LogP contribution is -2.35. The molecule has 1 aromatic heterocycles. The van der Waals surface area contributed by atoms with Gasteiger partial charge in [0.25, 0.3) is 0 Å². The summed E-state index contributed by atoms with van der Waals surface area (Å²) in [7, 11) is 2.12. The van der Waals surface area contributed by atoms with E-state index in [2.05, 4.69) is 22.2 Å². The molecule has 0 radical (unpaired) electrons. The fraction of sp³-hybridized carbons (Fsp3) is 0.571. The van der Waals surface area contributed by atoms with Gasteiger partial charge in [-0.1, -0.05) is 0 Å². The van der Waals surface area contributed by atoms with E-state index in [1.54, 1.807) is 12.1 Å². The van der Waals surface area contributed by atoms with Gasteiger partial charge in [0.15, 0.2) is 0 Å². The molecule has 2 N–H and O–H groups in total. The van der Waals surface area contributed by atoms with E-state index in [9.17, 15) is 4.79 Å². The minimum Gasteiger partial charge on any atom is -0.478 e. The average molecular weight is 263 g/mol. The summed E-state index contributed by atoms with van der Waals surface area (Å²) in [5.41, 5.74) is 1.07. The summed E-state index contributed by atoms with van der Waals surface area (Å²) in [6.07, 6.45) is 2.39. The van der Waals surface area contributed by atoms with Crippen molar-refractivity contribution in [1.29, 1.82) is 0 Å². The highest BCUT2D eigenvalue weighted by Gasteiger charge is 2.18. The molecular formula is C14H21N3O2. The Morgan fingerprint density at radius 2 is 2.37 bits per heavy atom. The second kappa shape index (κ2) is 6.02. The molecule has 1 aliphatic heterocycles. The zero-order valence-electron chi connectivity index (χ0n) is 11.5. The van der Waals surface area contributed by atoms with Crippen molar-refractivity contribution in [3.63, 3.8) is 0 Å². The number of hydrogen-bond acceptors (Lipinski definition) is 4. The Kier molecular flexibility index (Phi) is 4.37. The number of likely N-dealkylation sites (tertiary alicyclic amines) is 1. The summed E-state index contributed by atoms with van der Waals surface area (Å²) in [6.45, 7) is 4.85. The monoisotopic (exact) mass is 263 g/mol. The molecule has 1 atom stereocenters. The van der Waals surface area contributed by atoms with Crippen LogP contribution in [0.25, 0.3) is 0 Å². The molecule has 0 aliphatic carbocycles. The van der Waals surface area contributed by atoms with Gasteiger partial charge in [-0.3, -0.25) is 0 Å². The van der Waals surface area contributed by atoms with E-state index in [1.807, 2.05) is 6.92 Å². The number of nitrogens with one attached hydrogen (secondary N) is 1. The van der Waals surface area contributed by atoms with Gasteiger partial charge in [-0.15, -0.1) is 0 Å². The van der Waals surface area contributed by atoms with Crippen LogP contribution in [0, 0.1) is 12.8 Å². The second-order valence-corrected chi connectivity index (χ2v) is 5.31. The fourth-order valence-corrected chi connectivity index (χ4v) is 2.54. The largest absolute Gasteiger partial charge is 0.478 e. The number of rotatable bonds is 4. The van der Waals surface area contributed by atoms with Gasteiger partial charge in [0.1, 0.15) is 11.4 Å². The van der Waals surface area contributed by atoms with E-state index in [1.165, 1.54) is 12.8 Å². The first-order valence-electron chi connectivity index (χ1n) is 6.69. The maximum absolute atomic E-state index is 11.1. The molecule has 1 saturated heterocycles. The van der Waals surface area contributed by atoms with Crippen molar-refractivity contribution < 1.29 is 9.90 Å². The Morgan fingerprint density at radius 3 is 3.05 bits per heavy atom. The number of piperidine rings is 1. The van der Waals surface area contributed by atoms with E-state index in [0.29, 0.717) is 11.7 Å². The molecule has 0 amide bonds. The molecule has 2 heterocycles. The van der Waals surface area contributed by atoms with E-state index >= 15 is 0 Å². The lowest BCUT2D eigenvalue weighted by atomic mass is 9.98. The molecule has 1 unspecified atom stereocenters. The van der Waals surface area contributed by atoms with Gasteiger partial charge in [0.05, 0.1) is 0 Å². The number of aromatic nitrogens is 1. The van der Waals surface area contributed by atoms with Crippen LogP contribution in [0.2, 0.25) is 0 Å². The third-order valence-electron chi connectivity index (χ3n) is 3.55. The van der Waals surface area contributed by atoms with Gasteiger partial charge in [0, 0.05) is 18.8 Å². The fourth-order valence-electron chi connectivity index (χ4n) is 2.54. The first-order valence-corrected chi connectivity index (χ1v) is 6.69. The number of aryl methyl sites for hydroxylation is 1. The molecule has 0 spiro atoms. The number of nitrogens with zero attached hydrogens (tertiary/aromatic N) is 2. The average Bonchev–Trinajstić information content (AvgIpc) is 2.36. The number of carboxylic acid groups (broad SMARTS) is 1. The molecule has 1 aromatic rings. The van der Waals surface area contributed by atoms with Crippen molar-refractivity contribution in [3.8, 4) is 0 Å².